The van der Waals surface area contributed by atoms with E-state index in [2.05, 4.69) is 4.72 Å². The van der Waals surface area contributed by atoms with Crippen LogP contribution in [0.5, 0.6) is 0 Å². The number of benzene rings is 1. The zero-order valence-electron chi connectivity index (χ0n) is 12.3. The van der Waals surface area contributed by atoms with E-state index >= 15 is 0 Å². The summed E-state index contributed by atoms with van der Waals surface area (Å²) in [5, 5.41) is -0.527. The van der Waals surface area contributed by atoms with Crippen LogP contribution in [0.2, 0.25) is 0 Å². The first-order valence-electron chi connectivity index (χ1n) is 6.73. The second-order valence-electron chi connectivity index (χ2n) is 5.48. The first kappa shape index (κ1) is 16.1. The molecule has 0 aliphatic carbocycles. The average molecular weight is 332 g/mol. The first-order valence-corrected chi connectivity index (χ1v) is 10.1. The second kappa shape index (κ2) is 5.49. The lowest BCUT2D eigenvalue weighted by Crippen LogP contribution is -2.34. The van der Waals surface area contributed by atoms with E-state index in [1.165, 1.54) is 10.6 Å². The molecule has 0 amide bonds. The molecular weight excluding hydrogens is 312 g/mol. The number of hydrogen-bond donors (Lipinski definition) is 1. The van der Waals surface area contributed by atoms with Crippen molar-refractivity contribution < 1.29 is 16.8 Å². The van der Waals surface area contributed by atoms with Crippen LogP contribution in [-0.4, -0.2) is 34.9 Å². The van der Waals surface area contributed by atoms with Gasteiger partial charge in [0.1, 0.15) is 0 Å². The SMILES string of the molecule is CC(C)S(=O)(=O)Nc1ccc2c(c1)CCCN2S(C)(=O)=O. The van der Waals surface area contributed by atoms with Crippen LogP contribution < -0.4 is 9.03 Å². The van der Waals surface area contributed by atoms with Crippen molar-refractivity contribution in [2.75, 3.05) is 21.8 Å². The minimum atomic E-state index is -3.40. The highest BCUT2D eigenvalue weighted by atomic mass is 32.2. The average Bonchev–Trinajstić information content (AvgIpc) is 2.36. The molecule has 1 N–H and O–H groups in total. The summed E-state index contributed by atoms with van der Waals surface area (Å²) < 4.78 is 51.2. The van der Waals surface area contributed by atoms with Gasteiger partial charge in [-0.05, 0) is 50.5 Å². The molecular formula is C13H20N2O4S2. The first-order chi connectivity index (χ1) is 9.61. The lowest BCUT2D eigenvalue weighted by Gasteiger charge is -2.29. The molecule has 2 rings (SSSR count). The molecule has 118 valence electrons. The molecule has 8 heteroatoms. The smallest absolute Gasteiger partial charge is 0.235 e. The molecule has 0 radical (unpaired) electrons. The largest absolute Gasteiger partial charge is 0.283 e. The van der Waals surface area contributed by atoms with Crippen LogP contribution in [0.3, 0.4) is 0 Å². The summed E-state index contributed by atoms with van der Waals surface area (Å²) in [4.78, 5) is 0. The number of nitrogens with zero attached hydrogens (tertiary/aromatic N) is 1. The molecule has 0 aromatic heterocycles. The van der Waals surface area contributed by atoms with E-state index in [0.717, 1.165) is 18.4 Å². The van der Waals surface area contributed by atoms with Gasteiger partial charge in [-0.3, -0.25) is 9.03 Å². The fraction of sp³-hybridized carbons (Fsp3) is 0.538. The summed E-state index contributed by atoms with van der Waals surface area (Å²) in [6.45, 7) is 3.67. The van der Waals surface area contributed by atoms with Crippen molar-refractivity contribution in [1.29, 1.82) is 0 Å². The van der Waals surface area contributed by atoms with Gasteiger partial charge in [0.2, 0.25) is 20.0 Å². The predicted octanol–water partition coefficient (Wildman–Crippen LogP) is 1.55. The summed E-state index contributed by atoms with van der Waals surface area (Å²) in [6, 6.07) is 4.97. The summed E-state index contributed by atoms with van der Waals surface area (Å²) in [5.74, 6) is 0. The van der Waals surface area contributed by atoms with E-state index in [1.807, 2.05) is 0 Å². The van der Waals surface area contributed by atoms with Gasteiger partial charge in [0.15, 0.2) is 0 Å². The Morgan fingerprint density at radius 2 is 1.86 bits per heavy atom. The molecule has 0 unspecified atom stereocenters. The van der Waals surface area contributed by atoms with Crippen LogP contribution in [0, 0.1) is 0 Å². The molecule has 0 fully saturated rings. The molecule has 0 spiro atoms. The summed E-state index contributed by atoms with van der Waals surface area (Å²) in [7, 11) is -6.71. The van der Waals surface area contributed by atoms with Crippen LogP contribution in [0.25, 0.3) is 0 Å². The maximum Gasteiger partial charge on any atom is 0.235 e. The highest BCUT2D eigenvalue weighted by Gasteiger charge is 2.24. The molecule has 0 saturated carbocycles. The Kier molecular flexibility index (Phi) is 4.21. The van der Waals surface area contributed by atoms with E-state index < -0.39 is 25.3 Å². The van der Waals surface area contributed by atoms with Gasteiger partial charge in [-0.15, -0.1) is 0 Å². The van der Waals surface area contributed by atoms with Gasteiger partial charge < -0.3 is 0 Å². The summed E-state index contributed by atoms with van der Waals surface area (Å²) >= 11 is 0. The topological polar surface area (TPSA) is 83.6 Å². The number of hydrogen-bond acceptors (Lipinski definition) is 4. The van der Waals surface area contributed by atoms with Crippen LogP contribution in [0.15, 0.2) is 18.2 Å². The van der Waals surface area contributed by atoms with E-state index in [1.54, 1.807) is 32.0 Å². The molecule has 6 nitrogen and oxygen atoms in total. The quantitative estimate of drug-likeness (QED) is 0.907. The minimum absolute atomic E-state index is 0.461. The van der Waals surface area contributed by atoms with Gasteiger partial charge in [-0.25, -0.2) is 16.8 Å². The van der Waals surface area contributed by atoms with Gasteiger partial charge in [-0.1, -0.05) is 0 Å². The van der Waals surface area contributed by atoms with Crippen LogP contribution in [0.1, 0.15) is 25.8 Å². The Balaban J connectivity index is 2.37. The van der Waals surface area contributed by atoms with Crippen LogP contribution >= 0.6 is 0 Å². The Morgan fingerprint density at radius 1 is 1.19 bits per heavy atom. The Labute approximate surface area is 126 Å². The Hall–Kier alpha value is -1.28. The predicted molar refractivity (Wildman–Crippen MR) is 84.6 cm³/mol. The molecule has 1 aromatic rings. The fourth-order valence-electron chi connectivity index (χ4n) is 2.25. The number of anilines is 2. The van der Waals surface area contributed by atoms with Gasteiger partial charge in [0.25, 0.3) is 0 Å². The highest BCUT2D eigenvalue weighted by molar-refractivity contribution is 7.93. The summed E-state index contributed by atoms with van der Waals surface area (Å²) in [6.07, 6.45) is 2.64. The molecule has 0 atom stereocenters. The van der Waals surface area contributed by atoms with Crippen LogP contribution in [-0.2, 0) is 26.5 Å². The fourth-order valence-corrected chi connectivity index (χ4v) is 3.94. The zero-order valence-corrected chi connectivity index (χ0v) is 14.0. The third kappa shape index (κ3) is 3.49. The normalized spacial score (nSPS) is 15.9. The van der Waals surface area contributed by atoms with Crippen molar-refractivity contribution in [2.45, 2.75) is 31.9 Å². The maximum atomic E-state index is 11.9. The van der Waals surface area contributed by atoms with Crippen molar-refractivity contribution >= 4 is 31.4 Å². The molecule has 1 aromatic carbocycles. The van der Waals surface area contributed by atoms with Gasteiger partial charge in [0.05, 0.1) is 17.2 Å². The number of rotatable bonds is 4. The van der Waals surface area contributed by atoms with Gasteiger partial charge in [0, 0.05) is 12.2 Å². The second-order valence-corrected chi connectivity index (χ2v) is 9.62. The maximum absolute atomic E-state index is 11.9. The molecule has 1 heterocycles. The lowest BCUT2D eigenvalue weighted by atomic mass is 10.0. The molecule has 1 aliphatic rings. The molecule has 21 heavy (non-hydrogen) atoms. The molecule has 1 aliphatic heterocycles. The van der Waals surface area contributed by atoms with Gasteiger partial charge >= 0.3 is 0 Å². The van der Waals surface area contributed by atoms with Crippen molar-refractivity contribution in [3.63, 3.8) is 0 Å². The standard InChI is InChI=1S/C13H20N2O4S2/c1-10(2)21(18,19)14-12-6-7-13-11(9-12)5-4-8-15(13)20(3,16)17/h6-7,9-10,14H,4-5,8H2,1-3H3. The monoisotopic (exact) mass is 332 g/mol. The van der Waals surface area contributed by atoms with E-state index in [-0.39, 0.29) is 0 Å². The third-order valence-electron chi connectivity index (χ3n) is 3.44. The van der Waals surface area contributed by atoms with Crippen molar-refractivity contribution in [1.82, 2.24) is 0 Å². The number of nitrogens with one attached hydrogen (secondary N) is 1. The van der Waals surface area contributed by atoms with Gasteiger partial charge in [-0.2, -0.15) is 0 Å². The third-order valence-corrected chi connectivity index (χ3v) is 6.38. The van der Waals surface area contributed by atoms with Crippen molar-refractivity contribution in [3.05, 3.63) is 23.8 Å². The van der Waals surface area contributed by atoms with Crippen molar-refractivity contribution in [2.24, 2.45) is 0 Å². The van der Waals surface area contributed by atoms with Crippen LogP contribution in [0.4, 0.5) is 11.4 Å². The zero-order chi connectivity index (χ0) is 15.8. The van der Waals surface area contributed by atoms with E-state index in [9.17, 15) is 16.8 Å². The van der Waals surface area contributed by atoms with E-state index in [0.29, 0.717) is 17.9 Å². The van der Waals surface area contributed by atoms with E-state index in [4.69, 9.17) is 0 Å². The highest BCUT2D eigenvalue weighted by Crippen LogP contribution is 2.31. The minimum Gasteiger partial charge on any atom is -0.283 e. The number of aryl methyl sites for hydroxylation is 1. The molecule has 0 saturated heterocycles. The Morgan fingerprint density at radius 3 is 2.43 bits per heavy atom. The lowest BCUT2D eigenvalue weighted by molar-refractivity contribution is 0.590. The molecule has 0 bridgehead atoms. The number of fused-ring (bicyclic) bond motifs is 1. The van der Waals surface area contributed by atoms with Crippen molar-refractivity contribution in [3.8, 4) is 0 Å². The summed E-state index contributed by atoms with van der Waals surface area (Å²) in [5.41, 5.74) is 1.95. The Bertz CT molecular complexity index is 739. The number of sulfonamides is 2.